The van der Waals surface area contributed by atoms with Crippen LogP contribution in [-0.2, 0) is 11.3 Å². The fraction of sp³-hybridized carbons (Fsp3) is 0.150. The number of nitrogens with zero attached hydrogens (tertiary/aromatic N) is 3. The average Bonchev–Trinajstić information content (AvgIpc) is 3.11. The normalized spacial score (nSPS) is 10.9. The van der Waals surface area contributed by atoms with Crippen LogP contribution in [-0.4, -0.2) is 18.3 Å². The van der Waals surface area contributed by atoms with Gasteiger partial charge >= 0.3 is 0 Å². The maximum atomic E-state index is 13.0. The molecule has 0 saturated heterocycles. The minimum Gasteiger partial charge on any atom is -0.455 e. The van der Waals surface area contributed by atoms with E-state index in [1.54, 1.807) is 37.4 Å². The van der Waals surface area contributed by atoms with Crippen LogP contribution in [0, 0.1) is 24.1 Å². The summed E-state index contributed by atoms with van der Waals surface area (Å²) in [5.41, 5.74) is 5.41. The van der Waals surface area contributed by atoms with Crippen molar-refractivity contribution in [1.82, 2.24) is 4.98 Å². The number of rotatable bonds is 6. The molecule has 0 bridgehead atoms. The molecule has 0 unspecified atom stereocenters. The minimum absolute atomic E-state index is 0.303. The molecule has 0 spiro atoms. The van der Waals surface area contributed by atoms with E-state index in [-0.39, 0.29) is 5.82 Å². The lowest BCUT2D eigenvalue weighted by Gasteiger charge is -2.08. The predicted octanol–water partition coefficient (Wildman–Crippen LogP) is 4.25. The van der Waals surface area contributed by atoms with Crippen LogP contribution in [0.5, 0.6) is 0 Å². The zero-order valence-corrected chi connectivity index (χ0v) is 14.9. The fourth-order valence-electron chi connectivity index (χ4n) is 2.56. The molecule has 1 aromatic carbocycles. The Hall–Kier alpha value is -3.50. The van der Waals surface area contributed by atoms with Gasteiger partial charge in [0.25, 0.3) is 0 Å². The Balaban J connectivity index is 1.77. The molecule has 2 heterocycles. The standard InChI is InChI=1S/C20H17FN4O2/c1-13-9-15(12-26-2)18(10-22)20(24-13)25-23-11-17-7-8-19(27-17)14-3-5-16(21)6-4-14/h3-9,11H,12H2,1-2H3,(H,24,25)/b23-11+. The highest BCUT2D eigenvalue weighted by Crippen LogP contribution is 2.22. The second kappa shape index (κ2) is 8.25. The Morgan fingerprint density at radius 1 is 1.30 bits per heavy atom. The van der Waals surface area contributed by atoms with Crippen molar-refractivity contribution < 1.29 is 13.5 Å². The summed E-state index contributed by atoms with van der Waals surface area (Å²) in [5.74, 6) is 1.16. The number of methoxy groups -OCH3 is 1. The van der Waals surface area contributed by atoms with Crippen LogP contribution in [0.2, 0.25) is 0 Å². The van der Waals surface area contributed by atoms with Crippen molar-refractivity contribution in [3.63, 3.8) is 0 Å². The number of nitrogens with one attached hydrogen (secondary N) is 1. The second-order valence-corrected chi connectivity index (χ2v) is 5.77. The Kier molecular flexibility index (Phi) is 5.59. The van der Waals surface area contributed by atoms with Crippen LogP contribution in [0.3, 0.4) is 0 Å². The number of aryl methyl sites for hydroxylation is 1. The van der Waals surface area contributed by atoms with E-state index in [1.807, 2.05) is 6.92 Å². The maximum absolute atomic E-state index is 13.0. The first-order chi connectivity index (χ1) is 13.1. The van der Waals surface area contributed by atoms with Gasteiger partial charge in [-0.1, -0.05) is 0 Å². The Labute approximate surface area is 155 Å². The molecule has 0 fully saturated rings. The summed E-state index contributed by atoms with van der Waals surface area (Å²) in [6.07, 6.45) is 1.48. The molecule has 6 nitrogen and oxygen atoms in total. The monoisotopic (exact) mass is 364 g/mol. The molecule has 3 rings (SSSR count). The zero-order valence-electron chi connectivity index (χ0n) is 14.9. The number of hydrogen-bond acceptors (Lipinski definition) is 6. The lowest BCUT2D eigenvalue weighted by atomic mass is 10.1. The van der Waals surface area contributed by atoms with Gasteiger partial charge < -0.3 is 9.15 Å². The second-order valence-electron chi connectivity index (χ2n) is 5.77. The SMILES string of the molecule is COCc1cc(C)nc(N/N=C/c2ccc(-c3ccc(F)cc3)o2)c1C#N. The molecule has 0 amide bonds. The Bertz CT molecular complexity index is 1000. The first-order valence-corrected chi connectivity index (χ1v) is 8.15. The van der Waals surface area contributed by atoms with E-state index in [1.165, 1.54) is 18.3 Å². The summed E-state index contributed by atoms with van der Waals surface area (Å²) in [6, 6.07) is 13.5. The highest BCUT2D eigenvalue weighted by atomic mass is 19.1. The van der Waals surface area contributed by atoms with Gasteiger partial charge in [-0.25, -0.2) is 9.37 Å². The third-order valence-corrected chi connectivity index (χ3v) is 3.76. The van der Waals surface area contributed by atoms with Crippen LogP contribution in [0.1, 0.15) is 22.6 Å². The Morgan fingerprint density at radius 2 is 2.07 bits per heavy atom. The Morgan fingerprint density at radius 3 is 2.78 bits per heavy atom. The van der Waals surface area contributed by atoms with E-state index in [4.69, 9.17) is 9.15 Å². The molecule has 0 aliphatic heterocycles. The summed E-state index contributed by atoms with van der Waals surface area (Å²) in [6.45, 7) is 2.14. The molecule has 0 atom stereocenters. The molecule has 136 valence electrons. The molecule has 27 heavy (non-hydrogen) atoms. The van der Waals surface area contributed by atoms with E-state index in [0.717, 1.165) is 16.8 Å². The van der Waals surface area contributed by atoms with Gasteiger partial charge in [0.15, 0.2) is 5.82 Å². The highest BCUT2D eigenvalue weighted by molar-refractivity contribution is 5.78. The zero-order chi connectivity index (χ0) is 19.2. The maximum Gasteiger partial charge on any atom is 0.164 e. The van der Waals surface area contributed by atoms with Gasteiger partial charge in [-0.05, 0) is 49.4 Å². The molecule has 0 aliphatic rings. The molecule has 0 saturated carbocycles. The van der Waals surface area contributed by atoms with Crippen LogP contribution < -0.4 is 5.43 Å². The van der Waals surface area contributed by atoms with Gasteiger partial charge in [0.1, 0.15) is 29.0 Å². The first-order valence-electron chi connectivity index (χ1n) is 8.15. The summed E-state index contributed by atoms with van der Waals surface area (Å²) < 4.78 is 23.8. The van der Waals surface area contributed by atoms with Gasteiger partial charge in [0.2, 0.25) is 0 Å². The molecule has 3 aromatic rings. The van der Waals surface area contributed by atoms with Gasteiger partial charge in [0, 0.05) is 23.9 Å². The average molecular weight is 364 g/mol. The van der Waals surface area contributed by atoms with E-state index in [2.05, 4.69) is 21.6 Å². The van der Waals surface area contributed by atoms with E-state index < -0.39 is 0 Å². The lowest BCUT2D eigenvalue weighted by molar-refractivity contribution is 0.184. The van der Waals surface area contributed by atoms with Gasteiger partial charge in [-0.2, -0.15) is 10.4 Å². The van der Waals surface area contributed by atoms with Crippen LogP contribution in [0.25, 0.3) is 11.3 Å². The number of furan rings is 1. The summed E-state index contributed by atoms with van der Waals surface area (Å²) >= 11 is 0. The number of anilines is 1. The van der Waals surface area contributed by atoms with Crippen LogP contribution in [0.4, 0.5) is 10.2 Å². The lowest BCUT2D eigenvalue weighted by Crippen LogP contribution is -2.03. The van der Waals surface area contributed by atoms with E-state index in [9.17, 15) is 9.65 Å². The van der Waals surface area contributed by atoms with Crippen molar-refractivity contribution in [2.45, 2.75) is 13.5 Å². The molecule has 7 heteroatoms. The van der Waals surface area contributed by atoms with Crippen LogP contribution in [0.15, 0.2) is 52.0 Å². The topological polar surface area (TPSA) is 83.4 Å². The smallest absolute Gasteiger partial charge is 0.164 e. The van der Waals surface area contributed by atoms with Crippen LogP contribution >= 0.6 is 0 Å². The molecule has 1 N–H and O–H groups in total. The molecule has 0 radical (unpaired) electrons. The van der Waals surface area contributed by atoms with Crippen molar-refractivity contribution in [3.8, 4) is 17.4 Å². The summed E-state index contributed by atoms with van der Waals surface area (Å²) in [4.78, 5) is 4.31. The molecule has 0 aliphatic carbocycles. The third kappa shape index (κ3) is 4.37. The quantitative estimate of drug-likeness (QED) is 0.522. The highest BCUT2D eigenvalue weighted by Gasteiger charge is 2.11. The number of hydrazone groups is 1. The predicted molar refractivity (Wildman–Crippen MR) is 99.7 cm³/mol. The van der Waals surface area contributed by atoms with Crippen molar-refractivity contribution in [2.75, 3.05) is 12.5 Å². The molecule has 2 aromatic heterocycles. The van der Waals surface area contributed by atoms with Crippen molar-refractivity contribution in [1.29, 1.82) is 5.26 Å². The number of pyridine rings is 1. The number of halogens is 1. The molecular weight excluding hydrogens is 347 g/mol. The number of aromatic nitrogens is 1. The summed E-state index contributed by atoms with van der Waals surface area (Å²) in [5, 5.41) is 13.5. The van der Waals surface area contributed by atoms with Gasteiger partial charge in [0.05, 0.1) is 12.8 Å². The summed E-state index contributed by atoms with van der Waals surface area (Å²) in [7, 11) is 1.57. The molecular formula is C20H17FN4O2. The van der Waals surface area contributed by atoms with Crippen molar-refractivity contribution in [2.24, 2.45) is 5.10 Å². The van der Waals surface area contributed by atoms with Gasteiger partial charge in [-0.15, -0.1) is 0 Å². The number of ether oxygens (including phenoxy) is 1. The number of nitriles is 1. The van der Waals surface area contributed by atoms with Crippen molar-refractivity contribution >= 4 is 12.0 Å². The van der Waals surface area contributed by atoms with Crippen molar-refractivity contribution in [3.05, 3.63) is 70.9 Å². The van der Waals surface area contributed by atoms with E-state index in [0.29, 0.717) is 29.5 Å². The minimum atomic E-state index is -0.303. The number of hydrogen-bond donors (Lipinski definition) is 1. The number of benzene rings is 1. The van der Waals surface area contributed by atoms with Gasteiger partial charge in [-0.3, -0.25) is 5.43 Å². The first kappa shape index (κ1) is 18.3. The third-order valence-electron chi connectivity index (χ3n) is 3.76. The largest absolute Gasteiger partial charge is 0.455 e. The van der Waals surface area contributed by atoms with E-state index >= 15 is 0 Å². The fourth-order valence-corrected chi connectivity index (χ4v) is 2.56.